The fourth-order valence-corrected chi connectivity index (χ4v) is 3.31. The molecule has 0 spiro atoms. The molecule has 112 valence electrons. The molecule has 20 heavy (non-hydrogen) atoms. The van der Waals surface area contributed by atoms with Gasteiger partial charge in [0.2, 0.25) is 0 Å². The molecule has 1 fully saturated rings. The molecule has 0 aromatic carbocycles. The van der Waals surface area contributed by atoms with E-state index in [2.05, 4.69) is 39.8 Å². The number of anilines is 1. The molecule has 0 bridgehead atoms. The van der Waals surface area contributed by atoms with E-state index in [0.29, 0.717) is 29.5 Å². The highest BCUT2D eigenvalue weighted by atomic mass is 79.9. The molecule has 1 aromatic heterocycles. The zero-order valence-corrected chi connectivity index (χ0v) is 13.8. The second-order valence-corrected chi connectivity index (χ2v) is 6.36. The minimum atomic E-state index is -0.0423. The Balaban J connectivity index is 2.25. The fourth-order valence-electron chi connectivity index (χ4n) is 2.77. The summed E-state index contributed by atoms with van der Waals surface area (Å²) in [5.41, 5.74) is 6.62. The van der Waals surface area contributed by atoms with Crippen molar-refractivity contribution in [3.8, 4) is 0 Å². The van der Waals surface area contributed by atoms with E-state index in [0.717, 1.165) is 31.5 Å². The van der Waals surface area contributed by atoms with E-state index in [1.807, 2.05) is 0 Å². The Morgan fingerprint density at radius 2 is 2.30 bits per heavy atom. The number of hydrogen-bond donors (Lipinski definition) is 1. The van der Waals surface area contributed by atoms with Crippen molar-refractivity contribution in [2.24, 2.45) is 11.7 Å². The van der Waals surface area contributed by atoms with E-state index in [-0.39, 0.29) is 5.56 Å². The van der Waals surface area contributed by atoms with Crippen LogP contribution in [0.15, 0.2) is 15.5 Å². The predicted octanol–water partition coefficient (Wildman–Crippen LogP) is 1.98. The molecule has 1 aliphatic rings. The summed E-state index contributed by atoms with van der Waals surface area (Å²) in [7, 11) is 0. The highest BCUT2D eigenvalue weighted by Gasteiger charge is 2.30. The van der Waals surface area contributed by atoms with Gasteiger partial charge in [0.25, 0.3) is 5.56 Å². The lowest BCUT2D eigenvalue weighted by Gasteiger charge is -2.24. The number of unbranched alkanes of at least 4 members (excludes halogenated alkanes) is 1. The van der Waals surface area contributed by atoms with Gasteiger partial charge in [0, 0.05) is 19.1 Å². The van der Waals surface area contributed by atoms with Crippen molar-refractivity contribution in [2.75, 3.05) is 18.0 Å². The first-order valence-electron chi connectivity index (χ1n) is 7.30. The molecule has 0 aliphatic carbocycles. The van der Waals surface area contributed by atoms with E-state index in [1.54, 1.807) is 6.20 Å². The Morgan fingerprint density at radius 3 is 2.90 bits per heavy atom. The Kier molecular flexibility index (Phi) is 5.21. The number of aromatic nitrogens is 2. The van der Waals surface area contributed by atoms with E-state index in [9.17, 15) is 4.79 Å². The van der Waals surface area contributed by atoms with Crippen LogP contribution in [0.4, 0.5) is 5.69 Å². The zero-order chi connectivity index (χ0) is 14.7. The lowest BCUT2D eigenvalue weighted by Crippen LogP contribution is -2.32. The van der Waals surface area contributed by atoms with Gasteiger partial charge >= 0.3 is 0 Å². The quantitative estimate of drug-likeness (QED) is 0.888. The lowest BCUT2D eigenvalue weighted by atomic mass is 10.1. The summed E-state index contributed by atoms with van der Waals surface area (Å²) in [5, 5.41) is 4.31. The normalized spacial score (nSPS) is 22.5. The average Bonchev–Trinajstić information content (AvgIpc) is 2.82. The van der Waals surface area contributed by atoms with Crippen molar-refractivity contribution in [1.82, 2.24) is 9.78 Å². The Labute approximate surface area is 128 Å². The molecule has 1 aromatic rings. The summed E-state index contributed by atoms with van der Waals surface area (Å²) in [5.74, 6) is 0.499. The van der Waals surface area contributed by atoms with Gasteiger partial charge in [-0.15, -0.1) is 0 Å². The van der Waals surface area contributed by atoms with Gasteiger partial charge in [0.1, 0.15) is 4.47 Å². The van der Waals surface area contributed by atoms with Crippen LogP contribution >= 0.6 is 15.9 Å². The summed E-state index contributed by atoms with van der Waals surface area (Å²) < 4.78 is 2.16. The van der Waals surface area contributed by atoms with Crippen LogP contribution in [0.1, 0.15) is 33.1 Å². The summed E-state index contributed by atoms with van der Waals surface area (Å²) in [6.45, 7) is 6.54. The molecule has 2 unspecified atom stereocenters. The van der Waals surface area contributed by atoms with E-state index >= 15 is 0 Å². The molecular weight excluding hydrogens is 320 g/mol. The van der Waals surface area contributed by atoms with Gasteiger partial charge in [-0.3, -0.25) is 4.79 Å². The molecule has 0 saturated carbocycles. The van der Waals surface area contributed by atoms with Crippen LogP contribution in [0.2, 0.25) is 0 Å². The van der Waals surface area contributed by atoms with Gasteiger partial charge < -0.3 is 10.6 Å². The van der Waals surface area contributed by atoms with Crippen LogP contribution < -0.4 is 16.2 Å². The minimum Gasteiger partial charge on any atom is -0.366 e. The predicted molar refractivity (Wildman–Crippen MR) is 85.1 cm³/mol. The highest BCUT2D eigenvalue weighted by Crippen LogP contribution is 2.31. The van der Waals surface area contributed by atoms with Crippen molar-refractivity contribution < 1.29 is 0 Å². The smallest absolute Gasteiger partial charge is 0.283 e. The second kappa shape index (κ2) is 6.72. The van der Waals surface area contributed by atoms with Crippen LogP contribution in [0.5, 0.6) is 0 Å². The van der Waals surface area contributed by atoms with E-state index in [1.165, 1.54) is 4.68 Å². The first kappa shape index (κ1) is 15.5. The molecule has 2 atom stereocenters. The number of nitrogens with zero attached hydrogens (tertiary/aromatic N) is 3. The molecular formula is C14H23BrN4O. The second-order valence-electron chi connectivity index (χ2n) is 5.56. The van der Waals surface area contributed by atoms with Crippen molar-refractivity contribution in [2.45, 2.75) is 45.7 Å². The standard InChI is InChI=1S/C14H23BrN4O/c1-3-4-5-19-14(20)13(15)12(8-17-19)18-9-11(7-16)6-10(18)2/h8,10-11H,3-7,9,16H2,1-2H3. The van der Waals surface area contributed by atoms with Crippen LogP contribution in [0.3, 0.4) is 0 Å². The summed E-state index contributed by atoms with van der Waals surface area (Å²) >= 11 is 3.46. The van der Waals surface area contributed by atoms with Crippen LogP contribution in [0.25, 0.3) is 0 Å². The number of hydrogen-bond acceptors (Lipinski definition) is 4. The molecule has 1 saturated heterocycles. The van der Waals surface area contributed by atoms with E-state index < -0.39 is 0 Å². The van der Waals surface area contributed by atoms with Crippen LogP contribution in [-0.4, -0.2) is 28.9 Å². The first-order valence-corrected chi connectivity index (χ1v) is 8.10. The summed E-state index contributed by atoms with van der Waals surface area (Å²) in [6.07, 6.45) is 4.89. The molecule has 5 nitrogen and oxygen atoms in total. The largest absolute Gasteiger partial charge is 0.366 e. The number of halogens is 1. The third-order valence-corrected chi connectivity index (χ3v) is 4.74. The average molecular weight is 343 g/mol. The zero-order valence-electron chi connectivity index (χ0n) is 12.2. The van der Waals surface area contributed by atoms with Crippen LogP contribution in [-0.2, 0) is 6.54 Å². The lowest BCUT2D eigenvalue weighted by molar-refractivity contribution is 0.539. The van der Waals surface area contributed by atoms with Gasteiger partial charge in [-0.25, -0.2) is 4.68 Å². The fraction of sp³-hybridized carbons (Fsp3) is 0.714. The third kappa shape index (κ3) is 3.06. The molecule has 0 radical (unpaired) electrons. The Morgan fingerprint density at radius 1 is 1.55 bits per heavy atom. The summed E-state index contributed by atoms with van der Waals surface area (Å²) in [6, 6.07) is 0.396. The molecule has 2 N–H and O–H groups in total. The van der Waals surface area contributed by atoms with Gasteiger partial charge in [-0.05, 0) is 48.2 Å². The van der Waals surface area contributed by atoms with Crippen LogP contribution in [0, 0.1) is 5.92 Å². The van der Waals surface area contributed by atoms with Crippen molar-refractivity contribution >= 4 is 21.6 Å². The maximum Gasteiger partial charge on any atom is 0.283 e. The third-order valence-electron chi connectivity index (χ3n) is 3.99. The summed E-state index contributed by atoms with van der Waals surface area (Å²) in [4.78, 5) is 14.5. The van der Waals surface area contributed by atoms with Crippen molar-refractivity contribution in [3.63, 3.8) is 0 Å². The number of rotatable bonds is 5. The molecule has 6 heteroatoms. The maximum absolute atomic E-state index is 12.3. The molecule has 2 rings (SSSR count). The van der Waals surface area contributed by atoms with Gasteiger partial charge in [0.05, 0.1) is 11.9 Å². The molecule has 2 heterocycles. The number of nitrogens with two attached hydrogens (primary N) is 1. The SMILES string of the molecule is CCCCn1ncc(N2CC(CN)CC2C)c(Br)c1=O. The van der Waals surface area contributed by atoms with Gasteiger partial charge in [-0.2, -0.15) is 5.10 Å². The van der Waals surface area contributed by atoms with Crippen molar-refractivity contribution in [3.05, 3.63) is 21.0 Å². The Bertz CT molecular complexity index is 516. The number of aryl methyl sites for hydroxylation is 1. The molecule has 0 amide bonds. The first-order chi connectivity index (χ1) is 9.58. The van der Waals surface area contributed by atoms with Crippen molar-refractivity contribution in [1.29, 1.82) is 0 Å². The highest BCUT2D eigenvalue weighted by molar-refractivity contribution is 9.10. The van der Waals surface area contributed by atoms with Gasteiger partial charge in [0.15, 0.2) is 0 Å². The topological polar surface area (TPSA) is 64.2 Å². The minimum absolute atomic E-state index is 0.0423. The van der Waals surface area contributed by atoms with Gasteiger partial charge in [-0.1, -0.05) is 13.3 Å². The van der Waals surface area contributed by atoms with E-state index in [4.69, 9.17) is 5.73 Å². The maximum atomic E-state index is 12.3. The Hall–Kier alpha value is -0.880. The molecule has 1 aliphatic heterocycles. The monoisotopic (exact) mass is 342 g/mol.